The van der Waals surface area contributed by atoms with Crippen LogP contribution in [-0.2, 0) is 20.8 Å². The number of rotatable bonds is 4. The topological polar surface area (TPSA) is 123 Å². The molecule has 1 aliphatic rings. The number of carbonyl (C=O) groups excluding carboxylic acids is 1. The van der Waals surface area contributed by atoms with E-state index in [4.69, 9.17) is 26.4 Å². The van der Waals surface area contributed by atoms with Crippen LogP contribution in [0.1, 0.15) is 13.2 Å². The van der Waals surface area contributed by atoms with Crippen LogP contribution in [0.2, 0.25) is 0 Å². The van der Waals surface area contributed by atoms with Crippen LogP contribution >= 0.6 is 0 Å². The number of imidazole rings is 1. The Morgan fingerprint density at radius 3 is 2.88 bits per heavy atom. The van der Waals surface area contributed by atoms with E-state index in [-0.39, 0.29) is 36.1 Å². The molecule has 3 heterocycles. The highest BCUT2D eigenvalue weighted by Crippen LogP contribution is 2.32. The van der Waals surface area contributed by atoms with Crippen LogP contribution in [0.25, 0.3) is 11.2 Å². The summed E-state index contributed by atoms with van der Waals surface area (Å²) in [5, 5.41) is 0. The first-order chi connectivity index (χ1) is 12.4. The number of fused-ring (bicyclic) bond motifs is 1. The molecule has 10 nitrogen and oxygen atoms in total. The monoisotopic (exact) mass is 365 g/mol. The standard InChI is InChI=1S/C15H16FN5O5/c1-4-5-20-9-11(18-14(17)19-12(9)24-3)21(15(20)23)13-10(26-7(2)22)8(16)6-25-13/h1,8,10,13H,5-6H2,2-3H3,(H2,17,18,19). The Hall–Kier alpha value is -3.13. The van der Waals surface area contributed by atoms with Crippen LogP contribution in [-0.4, -0.2) is 51.1 Å². The summed E-state index contributed by atoms with van der Waals surface area (Å²) in [5.74, 6) is 1.50. The van der Waals surface area contributed by atoms with E-state index >= 15 is 0 Å². The molecule has 3 unspecified atom stereocenters. The van der Waals surface area contributed by atoms with Crippen molar-refractivity contribution in [2.24, 2.45) is 0 Å². The quantitative estimate of drug-likeness (QED) is 0.574. The van der Waals surface area contributed by atoms with E-state index in [1.807, 2.05) is 0 Å². The summed E-state index contributed by atoms with van der Waals surface area (Å²) in [6.07, 6.45) is 1.17. The summed E-state index contributed by atoms with van der Waals surface area (Å²) < 4.78 is 31.9. The van der Waals surface area contributed by atoms with E-state index in [1.165, 1.54) is 11.7 Å². The molecule has 0 aliphatic carbocycles. The van der Waals surface area contributed by atoms with Crippen molar-refractivity contribution in [2.75, 3.05) is 19.5 Å². The van der Waals surface area contributed by atoms with Gasteiger partial charge in [-0.2, -0.15) is 9.97 Å². The van der Waals surface area contributed by atoms with Crippen molar-refractivity contribution in [2.45, 2.75) is 32.0 Å². The van der Waals surface area contributed by atoms with Gasteiger partial charge in [-0.15, -0.1) is 6.42 Å². The number of terminal acetylenes is 1. The van der Waals surface area contributed by atoms with Gasteiger partial charge in [-0.3, -0.25) is 9.36 Å². The zero-order chi connectivity index (χ0) is 19.0. The van der Waals surface area contributed by atoms with E-state index in [2.05, 4.69) is 15.9 Å². The fourth-order valence-electron chi connectivity index (χ4n) is 2.87. The van der Waals surface area contributed by atoms with Crippen molar-refractivity contribution >= 4 is 23.1 Å². The molecule has 0 bridgehead atoms. The molecule has 138 valence electrons. The minimum Gasteiger partial charge on any atom is -0.479 e. The van der Waals surface area contributed by atoms with Gasteiger partial charge in [0, 0.05) is 6.92 Å². The van der Waals surface area contributed by atoms with Crippen molar-refractivity contribution < 1.29 is 23.4 Å². The number of carbonyl (C=O) groups is 1. The Labute approximate surface area is 146 Å². The molecule has 0 saturated carbocycles. The number of aromatic nitrogens is 4. The van der Waals surface area contributed by atoms with Crippen LogP contribution in [0.5, 0.6) is 5.88 Å². The lowest BCUT2D eigenvalue weighted by Gasteiger charge is -2.20. The third kappa shape index (κ3) is 2.74. The molecule has 2 aromatic heterocycles. The van der Waals surface area contributed by atoms with Crippen molar-refractivity contribution in [3.63, 3.8) is 0 Å². The fraction of sp³-hybridized carbons (Fsp3) is 0.467. The lowest BCUT2D eigenvalue weighted by molar-refractivity contribution is -0.154. The van der Waals surface area contributed by atoms with Crippen molar-refractivity contribution in [3.8, 4) is 18.2 Å². The number of nitrogen functional groups attached to an aromatic ring is 1. The molecule has 1 fully saturated rings. The van der Waals surface area contributed by atoms with Gasteiger partial charge >= 0.3 is 11.7 Å². The summed E-state index contributed by atoms with van der Waals surface area (Å²) >= 11 is 0. The first-order valence-electron chi connectivity index (χ1n) is 7.57. The third-order valence-electron chi connectivity index (χ3n) is 3.85. The van der Waals surface area contributed by atoms with Crippen molar-refractivity contribution in [1.29, 1.82) is 0 Å². The minimum atomic E-state index is -1.61. The number of hydrogen-bond acceptors (Lipinski definition) is 8. The van der Waals surface area contributed by atoms with Crippen LogP contribution in [0.15, 0.2) is 4.79 Å². The molecule has 0 spiro atoms. The van der Waals surface area contributed by atoms with Crippen molar-refractivity contribution in [1.82, 2.24) is 19.1 Å². The maximum atomic E-state index is 14.2. The SMILES string of the molecule is C#CCn1c(=O)n(C2OCC(F)C2OC(C)=O)c2nc(N)nc(OC)c21. The number of nitrogens with zero attached hydrogens (tertiary/aromatic N) is 4. The number of alkyl halides is 1. The van der Waals surface area contributed by atoms with E-state index in [0.29, 0.717) is 0 Å². The van der Waals surface area contributed by atoms with Gasteiger partial charge in [0.2, 0.25) is 11.8 Å². The molecular weight excluding hydrogens is 349 g/mol. The van der Waals surface area contributed by atoms with E-state index < -0.39 is 30.2 Å². The molecule has 26 heavy (non-hydrogen) atoms. The Kier molecular flexibility index (Phi) is 4.52. The predicted octanol–water partition coefficient (Wildman–Crippen LogP) is -0.384. The highest BCUT2D eigenvalue weighted by atomic mass is 19.1. The highest BCUT2D eigenvalue weighted by molar-refractivity contribution is 5.79. The lowest BCUT2D eigenvalue weighted by atomic mass is 10.2. The van der Waals surface area contributed by atoms with Gasteiger partial charge in [0.25, 0.3) is 0 Å². The van der Waals surface area contributed by atoms with E-state index in [9.17, 15) is 14.0 Å². The summed E-state index contributed by atoms with van der Waals surface area (Å²) in [7, 11) is 1.34. The second-order valence-electron chi connectivity index (χ2n) is 5.52. The molecule has 0 radical (unpaired) electrons. The van der Waals surface area contributed by atoms with Crippen LogP contribution < -0.4 is 16.2 Å². The first kappa shape index (κ1) is 17.7. The highest BCUT2D eigenvalue weighted by Gasteiger charge is 2.44. The smallest absolute Gasteiger partial charge is 0.333 e. The van der Waals surface area contributed by atoms with Gasteiger partial charge in [0.1, 0.15) is 0 Å². The molecule has 11 heteroatoms. The normalized spacial score (nSPS) is 22.3. The van der Waals surface area contributed by atoms with Gasteiger partial charge < -0.3 is 19.9 Å². The molecule has 2 N–H and O–H groups in total. The Bertz CT molecular complexity index is 962. The summed E-state index contributed by atoms with van der Waals surface area (Å²) in [4.78, 5) is 32.2. The Morgan fingerprint density at radius 2 is 2.27 bits per heavy atom. The molecule has 1 aliphatic heterocycles. The molecule has 3 atom stereocenters. The zero-order valence-electron chi connectivity index (χ0n) is 14.0. The Balaban J connectivity index is 2.28. The van der Waals surface area contributed by atoms with Crippen LogP contribution in [0.3, 0.4) is 0 Å². The molecular formula is C15H16FN5O5. The fourth-order valence-corrected chi connectivity index (χ4v) is 2.87. The van der Waals surface area contributed by atoms with Gasteiger partial charge in [-0.05, 0) is 0 Å². The maximum Gasteiger partial charge on any atom is 0.333 e. The van der Waals surface area contributed by atoms with E-state index in [1.54, 1.807) is 0 Å². The molecule has 1 saturated heterocycles. The number of methoxy groups -OCH3 is 1. The van der Waals surface area contributed by atoms with E-state index in [0.717, 1.165) is 11.5 Å². The number of hydrogen-bond donors (Lipinski definition) is 1. The first-order valence-corrected chi connectivity index (χ1v) is 7.57. The minimum absolute atomic E-state index is 0.0254. The molecule has 0 aromatic carbocycles. The third-order valence-corrected chi connectivity index (χ3v) is 3.85. The van der Waals surface area contributed by atoms with Gasteiger partial charge in [0.15, 0.2) is 29.7 Å². The van der Waals surface area contributed by atoms with Crippen LogP contribution in [0.4, 0.5) is 10.3 Å². The van der Waals surface area contributed by atoms with Crippen molar-refractivity contribution in [3.05, 3.63) is 10.5 Å². The van der Waals surface area contributed by atoms with Crippen LogP contribution in [0, 0.1) is 12.3 Å². The Morgan fingerprint density at radius 1 is 1.54 bits per heavy atom. The summed E-state index contributed by atoms with van der Waals surface area (Å²) in [5.41, 5.74) is 5.24. The summed E-state index contributed by atoms with van der Waals surface area (Å²) in [6, 6.07) is 0. The maximum absolute atomic E-state index is 14.2. The molecule has 0 amide bonds. The number of anilines is 1. The predicted molar refractivity (Wildman–Crippen MR) is 87.0 cm³/mol. The lowest BCUT2D eigenvalue weighted by Crippen LogP contribution is -2.36. The average molecular weight is 365 g/mol. The number of nitrogens with two attached hydrogens (primary N) is 1. The van der Waals surface area contributed by atoms with Gasteiger partial charge in [0.05, 0.1) is 20.3 Å². The largest absolute Gasteiger partial charge is 0.479 e. The molecule has 3 rings (SSSR count). The second-order valence-corrected chi connectivity index (χ2v) is 5.52. The number of halogens is 1. The number of ether oxygens (including phenoxy) is 3. The molecule has 2 aromatic rings. The average Bonchev–Trinajstić information content (AvgIpc) is 3.05. The summed E-state index contributed by atoms with van der Waals surface area (Å²) in [6.45, 7) is 0.667. The second kappa shape index (κ2) is 6.64. The van der Waals surface area contributed by atoms with Gasteiger partial charge in [-0.25, -0.2) is 13.8 Å². The zero-order valence-corrected chi connectivity index (χ0v) is 14.0. The number of esters is 1. The van der Waals surface area contributed by atoms with Gasteiger partial charge in [-0.1, -0.05) is 5.92 Å².